The molecular formula is C18H24N4O. The molecule has 1 heterocycles. The quantitative estimate of drug-likeness (QED) is 0.860. The van der Waals surface area contributed by atoms with Crippen LogP contribution in [0.2, 0.25) is 0 Å². The molecule has 0 saturated carbocycles. The molecule has 1 aliphatic carbocycles. The number of hydrogen-bond acceptors (Lipinski definition) is 2. The lowest BCUT2D eigenvalue weighted by Crippen LogP contribution is -2.38. The van der Waals surface area contributed by atoms with Crippen LogP contribution in [0.3, 0.4) is 0 Å². The van der Waals surface area contributed by atoms with Crippen molar-refractivity contribution in [2.24, 2.45) is 0 Å². The highest BCUT2D eigenvalue weighted by molar-refractivity contribution is 5.73. The number of aryl methyl sites for hydroxylation is 1. The highest BCUT2D eigenvalue weighted by atomic mass is 16.2. The van der Waals surface area contributed by atoms with Gasteiger partial charge in [-0.15, -0.1) is 0 Å². The molecule has 0 aliphatic heterocycles. The summed E-state index contributed by atoms with van der Waals surface area (Å²) in [5, 5.41) is 10.2. The number of amides is 2. The van der Waals surface area contributed by atoms with Crippen molar-refractivity contribution in [1.82, 2.24) is 20.4 Å². The van der Waals surface area contributed by atoms with Crippen LogP contribution in [0.15, 0.2) is 36.5 Å². The van der Waals surface area contributed by atoms with Gasteiger partial charge in [-0.3, -0.25) is 4.68 Å². The van der Waals surface area contributed by atoms with Crippen molar-refractivity contribution in [3.05, 3.63) is 53.3 Å². The molecule has 1 aromatic carbocycles. The van der Waals surface area contributed by atoms with Gasteiger partial charge in [-0.1, -0.05) is 30.3 Å². The van der Waals surface area contributed by atoms with Gasteiger partial charge in [-0.05, 0) is 43.2 Å². The molecule has 5 heteroatoms. The maximum Gasteiger partial charge on any atom is 0.314 e. The van der Waals surface area contributed by atoms with Crippen LogP contribution < -0.4 is 10.6 Å². The average Bonchev–Trinajstić information content (AvgIpc) is 2.99. The molecule has 2 amide bonds. The summed E-state index contributed by atoms with van der Waals surface area (Å²) in [5.41, 5.74) is 3.96. The number of carbonyl (C=O) groups is 1. The molecule has 23 heavy (non-hydrogen) atoms. The standard InChI is InChI=1S/C18H24N4O/c23-18(19-11-10-15-6-2-1-3-7-15)20-12-13-22-17-9-5-4-8-16(17)14-21-22/h1-3,6-7,14H,4-5,8-13H2,(H2,19,20,23). The number of aromatic nitrogens is 2. The summed E-state index contributed by atoms with van der Waals surface area (Å²) < 4.78 is 2.04. The Labute approximate surface area is 137 Å². The monoisotopic (exact) mass is 312 g/mol. The molecule has 2 aromatic rings. The number of fused-ring (bicyclic) bond motifs is 1. The summed E-state index contributed by atoms with van der Waals surface area (Å²) in [6.45, 7) is 1.99. The lowest BCUT2D eigenvalue weighted by molar-refractivity contribution is 0.240. The zero-order chi connectivity index (χ0) is 15.9. The van der Waals surface area contributed by atoms with E-state index in [1.165, 1.54) is 29.7 Å². The number of carbonyl (C=O) groups excluding carboxylic acids is 1. The maximum atomic E-state index is 11.8. The van der Waals surface area contributed by atoms with E-state index < -0.39 is 0 Å². The number of nitrogens with zero attached hydrogens (tertiary/aromatic N) is 2. The van der Waals surface area contributed by atoms with E-state index in [2.05, 4.69) is 27.9 Å². The summed E-state index contributed by atoms with van der Waals surface area (Å²) in [6.07, 6.45) is 7.59. The second-order valence-corrected chi connectivity index (χ2v) is 5.97. The van der Waals surface area contributed by atoms with Gasteiger partial charge in [0, 0.05) is 18.8 Å². The number of benzene rings is 1. The minimum absolute atomic E-state index is 0.109. The first-order valence-corrected chi connectivity index (χ1v) is 8.42. The normalized spacial score (nSPS) is 13.4. The Morgan fingerprint density at radius 1 is 1.09 bits per heavy atom. The van der Waals surface area contributed by atoms with Crippen molar-refractivity contribution in [2.45, 2.75) is 38.6 Å². The fourth-order valence-electron chi connectivity index (χ4n) is 3.05. The Hall–Kier alpha value is -2.30. The van der Waals surface area contributed by atoms with Crippen molar-refractivity contribution in [3.63, 3.8) is 0 Å². The van der Waals surface area contributed by atoms with E-state index in [1.54, 1.807) is 0 Å². The predicted molar refractivity (Wildman–Crippen MR) is 90.4 cm³/mol. The molecule has 0 spiro atoms. The molecule has 0 atom stereocenters. The molecule has 0 saturated heterocycles. The van der Waals surface area contributed by atoms with Crippen LogP contribution in [0.1, 0.15) is 29.7 Å². The molecule has 0 fully saturated rings. The Kier molecular flexibility index (Phi) is 5.29. The summed E-state index contributed by atoms with van der Waals surface area (Å²) in [5.74, 6) is 0. The van der Waals surface area contributed by atoms with Crippen LogP contribution in [0, 0.1) is 0 Å². The molecule has 2 N–H and O–H groups in total. The second-order valence-electron chi connectivity index (χ2n) is 5.97. The minimum Gasteiger partial charge on any atom is -0.338 e. The van der Waals surface area contributed by atoms with Gasteiger partial charge in [-0.25, -0.2) is 4.79 Å². The molecule has 122 valence electrons. The zero-order valence-corrected chi connectivity index (χ0v) is 13.4. The van der Waals surface area contributed by atoms with Gasteiger partial charge in [0.1, 0.15) is 0 Å². The zero-order valence-electron chi connectivity index (χ0n) is 13.4. The van der Waals surface area contributed by atoms with Crippen LogP contribution in [-0.4, -0.2) is 28.9 Å². The van der Waals surface area contributed by atoms with E-state index in [1.807, 2.05) is 29.1 Å². The number of hydrogen-bond donors (Lipinski definition) is 2. The number of rotatable bonds is 6. The summed E-state index contributed by atoms with van der Waals surface area (Å²) >= 11 is 0. The fraction of sp³-hybridized carbons (Fsp3) is 0.444. The van der Waals surface area contributed by atoms with E-state index in [-0.39, 0.29) is 6.03 Å². The van der Waals surface area contributed by atoms with Gasteiger partial charge < -0.3 is 10.6 Å². The van der Waals surface area contributed by atoms with Crippen molar-refractivity contribution >= 4 is 6.03 Å². The first-order valence-electron chi connectivity index (χ1n) is 8.42. The van der Waals surface area contributed by atoms with Crippen LogP contribution in [0.25, 0.3) is 0 Å². The van der Waals surface area contributed by atoms with E-state index in [4.69, 9.17) is 0 Å². The molecule has 1 aromatic heterocycles. The fourth-order valence-corrected chi connectivity index (χ4v) is 3.05. The van der Waals surface area contributed by atoms with E-state index in [0.29, 0.717) is 13.1 Å². The first kappa shape index (κ1) is 15.6. The van der Waals surface area contributed by atoms with Gasteiger partial charge >= 0.3 is 6.03 Å². The van der Waals surface area contributed by atoms with E-state index in [0.717, 1.165) is 25.8 Å². The van der Waals surface area contributed by atoms with Crippen LogP contribution in [-0.2, 0) is 25.8 Å². The van der Waals surface area contributed by atoms with Crippen molar-refractivity contribution < 1.29 is 4.79 Å². The van der Waals surface area contributed by atoms with Crippen molar-refractivity contribution in [1.29, 1.82) is 0 Å². The van der Waals surface area contributed by atoms with E-state index in [9.17, 15) is 4.79 Å². The Balaban J connectivity index is 1.35. The van der Waals surface area contributed by atoms with Crippen LogP contribution in [0.5, 0.6) is 0 Å². The third-order valence-electron chi connectivity index (χ3n) is 4.30. The summed E-state index contributed by atoms with van der Waals surface area (Å²) in [4.78, 5) is 11.8. The summed E-state index contributed by atoms with van der Waals surface area (Å²) in [6, 6.07) is 10.1. The van der Waals surface area contributed by atoms with Gasteiger partial charge in [0.15, 0.2) is 0 Å². The van der Waals surface area contributed by atoms with Crippen molar-refractivity contribution in [3.8, 4) is 0 Å². The van der Waals surface area contributed by atoms with Gasteiger partial charge in [0.05, 0.1) is 12.7 Å². The van der Waals surface area contributed by atoms with Crippen LogP contribution >= 0.6 is 0 Å². The molecule has 3 rings (SSSR count). The topological polar surface area (TPSA) is 59.0 Å². The van der Waals surface area contributed by atoms with Crippen LogP contribution in [0.4, 0.5) is 4.79 Å². The highest BCUT2D eigenvalue weighted by Gasteiger charge is 2.14. The largest absolute Gasteiger partial charge is 0.338 e. The van der Waals surface area contributed by atoms with Crippen molar-refractivity contribution in [2.75, 3.05) is 13.1 Å². The number of urea groups is 1. The molecule has 0 bridgehead atoms. The molecule has 5 nitrogen and oxygen atoms in total. The molecule has 0 radical (unpaired) electrons. The van der Waals surface area contributed by atoms with E-state index >= 15 is 0 Å². The Morgan fingerprint density at radius 2 is 1.87 bits per heavy atom. The SMILES string of the molecule is O=C(NCCc1ccccc1)NCCn1ncc2c1CCCC2. The Morgan fingerprint density at radius 3 is 2.74 bits per heavy atom. The highest BCUT2D eigenvalue weighted by Crippen LogP contribution is 2.20. The molecule has 1 aliphatic rings. The second kappa shape index (κ2) is 7.81. The lowest BCUT2D eigenvalue weighted by Gasteiger charge is -2.14. The minimum atomic E-state index is -0.109. The molecular weight excluding hydrogens is 288 g/mol. The lowest BCUT2D eigenvalue weighted by atomic mass is 9.98. The number of nitrogens with one attached hydrogen (secondary N) is 2. The third-order valence-corrected chi connectivity index (χ3v) is 4.30. The third kappa shape index (κ3) is 4.34. The molecule has 0 unspecified atom stereocenters. The van der Waals surface area contributed by atoms with Gasteiger partial charge in [-0.2, -0.15) is 5.10 Å². The van der Waals surface area contributed by atoms with Gasteiger partial charge in [0.2, 0.25) is 0 Å². The first-order chi connectivity index (χ1) is 11.3. The maximum absolute atomic E-state index is 11.8. The Bertz CT molecular complexity index is 636. The van der Waals surface area contributed by atoms with Gasteiger partial charge in [0.25, 0.3) is 0 Å². The summed E-state index contributed by atoms with van der Waals surface area (Å²) in [7, 11) is 0. The average molecular weight is 312 g/mol. The predicted octanol–water partition coefficient (Wildman–Crippen LogP) is 2.30. The smallest absolute Gasteiger partial charge is 0.314 e.